The van der Waals surface area contributed by atoms with Gasteiger partial charge in [-0.25, -0.2) is 4.79 Å². The molecule has 26 heavy (non-hydrogen) atoms. The largest absolute Gasteiger partial charge is 0.444 e. The number of nitrogens with one attached hydrogen (secondary N) is 2. The second kappa shape index (κ2) is 9.54. The lowest BCUT2D eigenvalue weighted by Gasteiger charge is -2.19. The Morgan fingerprint density at radius 3 is 2.69 bits per heavy atom. The van der Waals surface area contributed by atoms with Crippen LogP contribution >= 0.6 is 0 Å². The van der Waals surface area contributed by atoms with Crippen LogP contribution in [0.5, 0.6) is 0 Å². The van der Waals surface area contributed by atoms with Crippen LogP contribution in [0.1, 0.15) is 64.5 Å². The van der Waals surface area contributed by atoms with Crippen LogP contribution in [-0.4, -0.2) is 45.5 Å². The van der Waals surface area contributed by atoms with Crippen molar-refractivity contribution in [3.05, 3.63) is 11.6 Å². The Balaban J connectivity index is 1.60. The first-order chi connectivity index (χ1) is 12.3. The van der Waals surface area contributed by atoms with Crippen LogP contribution in [0.4, 0.5) is 4.79 Å². The molecule has 0 saturated heterocycles. The van der Waals surface area contributed by atoms with Crippen molar-refractivity contribution in [2.45, 2.75) is 77.9 Å². The van der Waals surface area contributed by atoms with Crippen LogP contribution in [-0.2, 0) is 28.9 Å². The Labute approximate surface area is 155 Å². The Morgan fingerprint density at radius 2 is 1.92 bits per heavy atom. The average Bonchev–Trinajstić information content (AvgIpc) is 2.77. The average molecular weight is 365 g/mol. The van der Waals surface area contributed by atoms with Gasteiger partial charge in [-0.3, -0.25) is 4.79 Å². The van der Waals surface area contributed by atoms with E-state index in [1.54, 1.807) is 0 Å². The van der Waals surface area contributed by atoms with E-state index in [1.807, 2.05) is 20.8 Å². The van der Waals surface area contributed by atoms with Gasteiger partial charge in [0.25, 0.3) is 0 Å². The molecule has 1 aliphatic heterocycles. The molecule has 0 aromatic carbocycles. The van der Waals surface area contributed by atoms with Crippen molar-refractivity contribution in [3.8, 4) is 0 Å². The van der Waals surface area contributed by atoms with Gasteiger partial charge in [0.2, 0.25) is 5.91 Å². The maximum Gasteiger partial charge on any atom is 0.407 e. The van der Waals surface area contributed by atoms with Crippen LogP contribution in [0, 0.1) is 0 Å². The highest BCUT2D eigenvalue weighted by molar-refractivity contribution is 5.75. The van der Waals surface area contributed by atoms with Crippen molar-refractivity contribution in [2.24, 2.45) is 0 Å². The number of carbonyl (C=O) groups excluding carboxylic acids is 2. The minimum Gasteiger partial charge on any atom is -0.444 e. The number of aryl methyl sites for hydroxylation is 1. The Bertz CT molecular complexity index is 606. The Hall–Kier alpha value is -2.12. The van der Waals surface area contributed by atoms with Crippen molar-refractivity contribution in [3.63, 3.8) is 0 Å². The monoisotopic (exact) mass is 365 g/mol. The van der Waals surface area contributed by atoms with Crippen LogP contribution in [0.2, 0.25) is 0 Å². The van der Waals surface area contributed by atoms with E-state index >= 15 is 0 Å². The zero-order chi connectivity index (χ0) is 19.0. The summed E-state index contributed by atoms with van der Waals surface area (Å²) in [5.74, 6) is 2.00. The van der Waals surface area contributed by atoms with Gasteiger partial charge in [0, 0.05) is 38.9 Å². The van der Waals surface area contributed by atoms with E-state index in [9.17, 15) is 9.59 Å². The summed E-state index contributed by atoms with van der Waals surface area (Å²) in [5, 5.41) is 14.1. The minimum atomic E-state index is -0.513. The molecule has 0 saturated carbocycles. The van der Waals surface area contributed by atoms with Gasteiger partial charge >= 0.3 is 6.09 Å². The lowest BCUT2D eigenvalue weighted by atomic mass is 10.2. The predicted octanol–water partition coefficient (Wildman–Crippen LogP) is 1.97. The maximum absolute atomic E-state index is 11.9. The number of rotatable bonds is 7. The van der Waals surface area contributed by atoms with E-state index in [0.29, 0.717) is 32.4 Å². The van der Waals surface area contributed by atoms with E-state index in [4.69, 9.17) is 4.74 Å². The number of hydrogen-bond donors (Lipinski definition) is 2. The summed E-state index contributed by atoms with van der Waals surface area (Å²) < 4.78 is 7.34. The van der Waals surface area contributed by atoms with E-state index in [-0.39, 0.29) is 5.91 Å². The SMILES string of the molecule is CC(C)(C)OC(=O)NCCCC(=O)NCCc1nnc2n1CCCCC2. The van der Waals surface area contributed by atoms with E-state index < -0.39 is 11.7 Å². The lowest BCUT2D eigenvalue weighted by Crippen LogP contribution is -2.33. The molecule has 146 valence electrons. The molecule has 1 aromatic rings. The Kier molecular flexibility index (Phi) is 7.41. The summed E-state index contributed by atoms with van der Waals surface area (Å²) in [6, 6.07) is 0. The number of alkyl carbamates (subject to hydrolysis) is 1. The van der Waals surface area contributed by atoms with Gasteiger partial charge in [-0.1, -0.05) is 6.42 Å². The molecule has 2 rings (SSSR count). The quantitative estimate of drug-likeness (QED) is 0.720. The number of carbonyl (C=O) groups is 2. The second-order valence-corrected chi connectivity index (χ2v) is 7.63. The highest BCUT2D eigenvalue weighted by atomic mass is 16.6. The van der Waals surface area contributed by atoms with E-state index in [2.05, 4.69) is 25.4 Å². The Morgan fingerprint density at radius 1 is 1.12 bits per heavy atom. The fourth-order valence-electron chi connectivity index (χ4n) is 2.89. The smallest absolute Gasteiger partial charge is 0.407 e. The first-order valence-corrected chi connectivity index (χ1v) is 9.49. The third-order valence-electron chi connectivity index (χ3n) is 4.11. The van der Waals surface area contributed by atoms with Gasteiger partial charge in [0.05, 0.1) is 0 Å². The van der Waals surface area contributed by atoms with Crippen molar-refractivity contribution in [2.75, 3.05) is 13.1 Å². The molecule has 0 fully saturated rings. The molecule has 0 radical (unpaired) electrons. The summed E-state index contributed by atoms with van der Waals surface area (Å²) >= 11 is 0. The summed E-state index contributed by atoms with van der Waals surface area (Å²) in [6.45, 7) is 7.38. The maximum atomic E-state index is 11.9. The van der Waals surface area contributed by atoms with Crippen molar-refractivity contribution in [1.29, 1.82) is 0 Å². The summed E-state index contributed by atoms with van der Waals surface area (Å²) in [7, 11) is 0. The number of fused-ring (bicyclic) bond motifs is 1. The first kappa shape index (κ1) is 20.2. The first-order valence-electron chi connectivity index (χ1n) is 9.49. The number of aromatic nitrogens is 3. The minimum absolute atomic E-state index is 0.0217. The van der Waals surface area contributed by atoms with Gasteiger partial charge in [-0.15, -0.1) is 10.2 Å². The standard InChI is InChI=1S/C18H31N5O3/c1-18(2,3)26-17(25)20-11-7-9-16(24)19-12-10-15-22-21-14-8-5-4-6-13-23(14)15/h4-13H2,1-3H3,(H,19,24)(H,20,25). The molecule has 8 nitrogen and oxygen atoms in total. The molecule has 0 aliphatic carbocycles. The normalized spacial score (nSPS) is 14.3. The third kappa shape index (κ3) is 7.01. The molecular formula is C18H31N5O3. The lowest BCUT2D eigenvalue weighted by molar-refractivity contribution is -0.121. The zero-order valence-corrected chi connectivity index (χ0v) is 16.1. The zero-order valence-electron chi connectivity index (χ0n) is 16.1. The van der Waals surface area contributed by atoms with Gasteiger partial charge in [0.1, 0.15) is 17.2 Å². The van der Waals surface area contributed by atoms with Crippen LogP contribution in [0.25, 0.3) is 0 Å². The number of amides is 2. The molecule has 1 aromatic heterocycles. The van der Waals surface area contributed by atoms with Crippen molar-refractivity contribution >= 4 is 12.0 Å². The molecule has 1 aliphatic rings. The highest BCUT2D eigenvalue weighted by Gasteiger charge is 2.16. The predicted molar refractivity (Wildman–Crippen MR) is 97.8 cm³/mol. The molecule has 0 bridgehead atoms. The number of nitrogens with zero attached hydrogens (tertiary/aromatic N) is 3. The topological polar surface area (TPSA) is 98.1 Å². The molecule has 2 amide bonds. The van der Waals surface area contributed by atoms with Gasteiger partial charge in [0.15, 0.2) is 0 Å². The number of hydrogen-bond acceptors (Lipinski definition) is 5. The van der Waals surface area contributed by atoms with Crippen molar-refractivity contribution in [1.82, 2.24) is 25.4 Å². The van der Waals surface area contributed by atoms with E-state index in [0.717, 1.165) is 31.0 Å². The number of ether oxygens (including phenoxy) is 1. The van der Waals surface area contributed by atoms with Crippen LogP contribution in [0.15, 0.2) is 0 Å². The fourth-order valence-corrected chi connectivity index (χ4v) is 2.89. The molecule has 0 atom stereocenters. The van der Waals surface area contributed by atoms with Crippen molar-refractivity contribution < 1.29 is 14.3 Å². The molecule has 8 heteroatoms. The highest BCUT2D eigenvalue weighted by Crippen LogP contribution is 2.14. The van der Waals surface area contributed by atoms with Crippen LogP contribution in [0.3, 0.4) is 0 Å². The van der Waals surface area contributed by atoms with Gasteiger partial charge in [-0.05, 0) is 40.0 Å². The van der Waals surface area contributed by atoms with Gasteiger partial charge in [-0.2, -0.15) is 0 Å². The fraction of sp³-hybridized carbons (Fsp3) is 0.778. The molecule has 2 N–H and O–H groups in total. The third-order valence-corrected chi connectivity index (χ3v) is 4.11. The van der Waals surface area contributed by atoms with Gasteiger partial charge < -0.3 is 19.9 Å². The summed E-state index contributed by atoms with van der Waals surface area (Å²) in [4.78, 5) is 23.4. The molecule has 2 heterocycles. The van der Waals surface area contributed by atoms with E-state index in [1.165, 1.54) is 12.8 Å². The molecular weight excluding hydrogens is 334 g/mol. The summed E-state index contributed by atoms with van der Waals surface area (Å²) in [5.41, 5.74) is -0.513. The molecule has 0 unspecified atom stereocenters. The second-order valence-electron chi connectivity index (χ2n) is 7.63. The summed E-state index contributed by atoms with van der Waals surface area (Å²) in [6.07, 6.45) is 5.74. The van der Waals surface area contributed by atoms with Crippen LogP contribution < -0.4 is 10.6 Å². The molecule has 0 spiro atoms.